The number of Topliss-reactive ketones (excluding diaryl/α,β-unsaturated/α-hetero) is 1. The summed E-state index contributed by atoms with van der Waals surface area (Å²) >= 11 is 0. The third-order valence-corrected chi connectivity index (χ3v) is 4.06. The van der Waals surface area contributed by atoms with Gasteiger partial charge in [-0.3, -0.25) is 4.79 Å². The second kappa shape index (κ2) is 4.90. The fourth-order valence-corrected chi connectivity index (χ4v) is 2.71. The molecule has 4 nitrogen and oxygen atoms in total. The largest absolute Gasteiger partial charge is 0.297 e. The van der Waals surface area contributed by atoms with Gasteiger partial charge < -0.3 is 0 Å². The Morgan fingerprint density at radius 3 is 2.38 bits per heavy atom. The van der Waals surface area contributed by atoms with E-state index >= 15 is 0 Å². The van der Waals surface area contributed by atoms with Crippen LogP contribution in [0, 0.1) is 11.3 Å². The second-order valence-electron chi connectivity index (χ2n) is 3.19. The van der Waals surface area contributed by atoms with Crippen molar-refractivity contribution in [2.45, 2.75) is 23.5 Å². The van der Waals surface area contributed by atoms with Crippen molar-refractivity contribution >= 4 is 15.6 Å². The van der Waals surface area contributed by atoms with Gasteiger partial charge in [-0.25, -0.2) is 8.42 Å². The number of nitrogens with zero attached hydrogens (tertiary/aromatic N) is 1. The number of carbonyl (C=O) groups is 1. The lowest BCUT2D eigenvalue weighted by Crippen LogP contribution is -2.28. The molecule has 1 atom stereocenters. The van der Waals surface area contributed by atoms with E-state index in [0.29, 0.717) is 0 Å². The van der Waals surface area contributed by atoms with Gasteiger partial charge in [-0.05, 0) is 12.1 Å². The smallest absolute Gasteiger partial charge is 0.210 e. The molecular formula is C11H11NO3S. The monoisotopic (exact) mass is 237 g/mol. The van der Waals surface area contributed by atoms with Crippen LogP contribution in [0.2, 0.25) is 0 Å². The van der Waals surface area contributed by atoms with Crippen LogP contribution in [0.3, 0.4) is 0 Å². The predicted octanol–water partition coefficient (Wildman–Crippen LogP) is 1.33. The van der Waals surface area contributed by atoms with Crippen molar-refractivity contribution in [3.63, 3.8) is 0 Å². The molecule has 1 rings (SSSR count). The second-order valence-corrected chi connectivity index (χ2v) is 5.22. The van der Waals surface area contributed by atoms with Crippen LogP contribution in [0.4, 0.5) is 0 Å². The molecular weight excluding hydrogens is 226 g/mol. The maximum absolute atomic E-state index is 11.9. The average molecular weight is 237 g/mol. The van der Waals surface area contributed by atoms with Crippen molar-refractivity contribution in [1.29, 1.82) is 5.26 Å². The molecule has 0 spiro atoms. The van der Waals surface area contributed by atoms with Gasteiger partial charge in [0.1, 0.15) is 0 Å². The summed E-state index contributed by atoms with van der Waals surface area (Å²) in [6.07, 6.45) is 0.0320. The van der Waals surface area contributed by atoms with Gasteiger partial charge in [0.2, 0.25) is 15.1 Å². The molecule has 0 aliphatic carbocycles. The van der Waals surface area contributed by atoms with Gasteiger partial charge in [-0.2, -0.15) is 5.26 Å². The molecule has 0 N–H and O–H groups in total. The number of rotatable bonds is 4. The van der Waals surface area contributed by atoms with Crippen LogP contribution < -0.4 is 0 Å². The SMILES string of the molecule is CCC(=O)C(C#N)S(=O)(=O)c1ccccc1. The lowest BCUT2D eigenvalue weighted by Gasteiger charge is -2.08. The molecule has 16 heavy (non-hydrogen) atoms. The molecule has 0 saturated heterocycles. The summed E-state index contributed by atoms with van der Waals surface area (Å²) in [4.78, 5) is 11.4. The molecule has 0 aromatic heterocycles. The summed E-state index contributed by atoms with van der Waals surface area (Å²) in [7, 11) is -3.87. The average Bonchev–Trinajstić information content (AvgIpc) is 2.30. The lowest BCUT2D eigenvalue weighted by molar-refractivity contribution is -0.117. The Morgan fingerprint density at radius 2 is 1.94 bits per heavy atom. The zero-order chi connectivity index (χ0) is 12.2. The topological polar surface area (TPSA) is 75.0 Å². The summed E-state index contributed by atoms with van der Waals surface area (Å²) < 4.78 is 23.8. The lowest BCUT2D eigenvalue weighted by atomic mass is 10.2. The van der Waals surface area contributed by atoms with Crippen LogP contribution in [0.15, 0.2) is 35.2 Å². The summed E-state index contributed by atoms with van der Waals surface area (Å²) in [5, 5.41) is 7.18. The minimum absolute atomic E-state index is 0.00310. The Labute approximate surface area is 94.4 Å². The first-order valence-electron chi connectivity index (χ1n) is 4.75. The van der Waals surface area contributed by atoms with Gasteiger partial charge >= 0.3 is 0 Å². The van der Waals surface area contributed by atoms with E-state index in [1.54, 1.807) is 24.3 Å². The molecule has 84 valence electrons. The minimum atomic E-state index is -3.87. The van der Waals surface area contributed by atoms with Crippen molar-refractivity contribution in [3.05, 3.63) is 30.3 Å². The zero-order valence-electron chi connectivity index (χ0n) is 8.75. The van der Waals surface area contributed by atoms with Gasteiger partial charge in [0.15, 0.2) is 5.78 Å². The van der Waals surface area contributed by atoms with Crippen LogP contribution in [0.5, 0.6) is 0 Å². The molecule has 5 heteroatoms. The number of ketones is 1. The molecule has 0 bridgehead atoms. The van der Waals surface area contributed by atoms with E-state index in [2.05, 4.69) is 0 Å². The van der Waals surface area contributed by atoms with Crippen LogP contribution in [-0.4, -0.2) is 19.5 Å². The highest BCUT2D eigenvalue weighted by Crippen LogP contribution is 2.16. The molecule has 1 unspecified atom stereocenters. The number of hydrogen-bond acceptors (Lipinski definition) is 4. The van der Waals surface area contributed by atoms with Gasteiger partial charge in [-0.1, -0.05) is 25.1 Å². The highest BCUT2D eigenvalue weighted by molar-refractivity contribution is 7.93. The normalized spacial score (nSPS) is 12.8. The maximum Gasteiger partial charge on any atom is 0.210 e. The molecule has 1 aromatic carbocycles. The zero-order valence-corrected chi connectivity index (χ0v) is 9.57. The summed E-state index contributed by atoms with van der Waals surface area (Å²) in [5.74, 6) is -0.577. The van der Waals surface area contributed by atoms with Crippen molar-refractivity contribution < 1.29 is 13.2 Å². The van der Waals surface area contributed by atoms with Gasteiger partial charge in [0.05, 0.1) is 11.0 Å². The van der Waals surface area contributed by atoms with Crippen molar-refractivity contribution in [2.24, 2.45) is 0 Å². The Bertz CT molecular complexity index is 514. The molecule has 0 saturated carbocycles. The van der Waals surface area contributed by atoms with Gasteiger partial charge in [-0.15, -0.1) is 0 Å². The van der Waals surface area contributed by atoms with Crippen molar-refractivity contribution in [3.8, 4) is 6.07 Å². The molecule has 1 aromatic rings. The Hall–Kier alpha value is -1.67. The third-order valence-electron chi connectivity index (χ3n) is 2.14. The predicted molar refractivity (Wildman–Crippen MR) is 58.3 cm³/mol. The number of nitriles is 1. The van der Waals surface area contributed by atoms with E-state index in [1.807, 2.05) is 0 Å². The Morgan fingerprint density at radius 1 is 1.38 bits per heavy atom. The number of hydrogen-bond donors (Lipinski definition) is 0. The summed E-state index contributed by atoms with van der Waals surface area (Å²) in [6.45, 7) is 1.53. The summed E-state index contributed by atoms with van der Waals surface area (Å²) in [6, 6.07) is 9.08. The molecule has 0 fully saturated rings. The fourth-order valence-electron chi connectivity index (χ4n) is 1.25. The third kappa shape index (κ3) is 2.28. The first-order chi connectivity index (χ1) is 7.54. The van der Waals surface area contributed by atoms with E-state index in [-0.39, 0.29) is 11.3 Å². The van der Waals surface area contributed by atoms with Crippen molar-refractivity contribution in [2.75, 3.05) is 0 Å². The van der Waals surface area contributed by atoms with Crippen LogP contribution in [-0.2, 0) is 14.6 Å². The summed E-state index contributed by atoms with van der Waals surface area (Å²) in [5.41, 5.74) is 0. The maximum atomic E-state index is 11.9. The first-order valence-corrected chi connectivity index (χ1v) is 6.30. The molecule has 0 heterocycles. The number of carbonyl (C=O) groups excluding carboxylic acids is 1. The fraction of sp³-hybridized carbons (Fsp3) is 0.273. The molecule has 0 radical (unpaired) electrons. The van der Waals surface area contributed by atoms with E-state index < -0.39 is 20.9 Å². The van der Waals surface area contributed by atoms with E-state index in [1.165, 1.54) is 19.1 Å². The van der Waals surface area contributed by atoms with Gasteiger partial charge in [0.25, 0.3) is 0 Å². The van der Waals surface area contributed by atoms with Crippen molar-refractivity contribution in [1.82, 2.24) is 0 Å². The van der Waals surface area contributed by atoms with Crippen LogP contribution in [0.25, 0.3) is 0 Å². The highest BCUT2D eigenvalue weighted by Gasteiger charge is 2.32. The Balaban J connectivity index is 3.22. The molecule has 0 aliphatic heterocycles. The first kappa shape index (κ1) is 12.4. The standard InChI is InChI=1S/C11H11NO3S/c1-2-10(13)11(8-12)16(14,15)9-6-4-3-5-7-9/h3-7,11H,2H2,1H3. The Kier molecular flexibility index (Phi) is 3.80. The number of sulfone groups is 1. The molecule has 0 aliphatic rings. The van der Waals surface area contributed by atoms with E-state index in [0.717, 1.165) is 0 Å². The quantitative estimate of drug-likeness (QED) is 0.791. The van der Waals surface area contributed by atoms with Crippen LogP contribution >= 0.6 is 0 Å². The minimum Gasteiger partial charge on any atom is -0.297 e. The van der Waals surface area contributed by atoms with E-state index in [4.69, 9.17) is 5.26 Å². The number of benzene rings is 1. The van der Waals surface area contributed by atoms with E-state index in [9.17, 15) is 13.2 Å². The highest BCUT2D eigenvalue weighted by atomic mass is 32.2. The van der Waals surface area contributed by atoms with Gasteiger partial charge in [0, 0.05) is 6.42 Å². The van der Waals surface area contributed by atoms with Crippen LogP contribution in [0.1, 0.15) is 13.3 Å². The molecule has 0 amide bonds.